The van der Waals surface area contributed by atoms with Crippen LogP contribution in [0.3, 0.4) is 0 Å². The maximum absolute atomic E-state index is 13.4. The highest BCUT2D eigenvalue weighted by Gasteiger charge is 2.23. The van der Waals surface area contributed by atoms with Crippen LogP contribution in [0.5, 0.6) is 0 Å². The van der Waals surface area contributed by atoms with Crippen LogP contribution in [0.4, 0.5) is 10.1 Å². The Morgan fingerprint density at radius 2 is 1.92 bits per heavy atom. The highest BCUT2D eigenvalue weighted by atomic mass is 32.2. The number of aromatic nitrogens is 3. The number of thioether (sulfide) groups is 1. The Balaban J connectivity index is 1.76. The summed E-state index contributed by atoms with van der Waals surface area (Å²) in [6.07, 6.45) is 0. The van der Waals surface area contributed by atoms with Gasteiger partial charge in [-0.2, -0.15) is 0 Å². The number of halogens is 1. The molecule has 0 aliphatic rings. The molecule has 0 bridgehead atoms. The summed E-state index contributed by atoms with van der Waals surface area (Å²) in [6.45, 7) is 1.78. The summed E-state index contributed by atoms with van der Waals surface area (Å²) in [5.41, 5.74) is 1.33. The molecule has 0 unspecified atom stereocenters. The number of nitrogens with zero attached hydrogens (tertiary/aromatic N) is 4. The molecule has 0 fully saturated rings. The summed E-state index contributed by atoms with van der Waals surface area (Å²) in [6, 6.07) is 15.3. The second kappa shape index (κ2) is 7.57. The zero-order valence-electron chi connectivity index (χ0n) is 14.3. The summed E-state index contributed by atoms with van der Waals surface area (Å²) in [5, 5.41) is 8.01. The Morgan fingerprint density at radius 1 is 1.19 bits per heavy atom. The molecule has 3 rings (SSSR count). The van der Waals surface area contributed by atoms with Crippen molar-refractivity contribution in [2.75, 3.05) is 17.8 Å². The van der Waals surface area contributed by atoms with Gasteiger partial charge in [0.1, 0.15) is 5.82 Å². The molecule has 1 atom stereocenters. The third kappa shape index (κ3) is 3.70. The van der Waals surface area contributed by atoms with Crippen molar-refractivity contribution in [1.29, 1.82) is 0 Å². The molecule has 6 nitrogen and oxygen atoms in total. The van der Waals surface area contributed by atoms with Crippen LogP contribution in [0, 0.1) is 5.82 Å². The minimum absolute atomic E-state index is 0.0866. The average molecular weight is 371 g/mol. The van der Waals surface area contributed by atoms with Crippen LogP contribution in [0.15, 0.2) is 59.8 Å². The summed E-state index contributed by atoms with van der Waals surface area (Å²) in [5.74, 6) is 5.91. The number of nitrogens with two attached hydrogens (primary N) is 1. The Kier molecular flexibility index (Phi) is 5.22. The van der Waals surface area contributed by atoms with Crippen LogP contribution >= 0.6 is 11.8 Å². The fourth-order valence-electron chi connectivity index (χ4n) is 2.44. The molecule has 0 radical (unpaired) electrons. The third-order valence-electron chi connectivity index (χ3n) is 3.85. The minimum Gasteiger partial charge on any atom is -0.335 e. The van der Waals surface area contributed by atoms with Gasteiger partial charge in [0.2, 0.25) is 11.1 Å². The second-order valence-corrected chi connectivity index (χ2v) is 6.99. The van der Waals surface area contributed by atoms with Crippen molar-refractivity contribution in [2.24, 2.45) is 0 Å². The SMILES string of the molecule is C[C@H](Sc1nnc(-c2cccc(F)c2)n1N)C(=O)N(C)c1ccccc1. The largest absolute Gasteiger partial charge is 0.335 e. The highest BCUT2D eigenvalue weighted by Crippen LogP contribution is 2.26. The molecule has 8 heteroatoms. The van der Waals surface area contributed by atoms with Gasteiger partial charge < -0.3 is 10.7 Å². The molecule has 0 saturated carbocycles. The predicted molar refractivity (Wildman–Crippen MR) is 101 cm³/mol. The second-order valence-electron chi connectivity index (χ2n) is 5.68. The van der Waals surface area contributed by atoms with Gasteiger partial charge in [-0.1, -0.05) is 42.1 Å². The first-order chi connectivity index (χ1) is 12.5. The van der Waals surface area contributed by atoms with Gasteiger partial charge in [0.25, 0.3) is 0 Å². The van der Waals surface area contributed by atoms with Gasteiger partial charge in [-0.3, -0.25) is 4.79 Å². The first-order valence-electron chi connectivity index (χ1n) is 7.93. The molecule has 3 aromatic rings. The highest BCUT2D eigenvalue weighted by molar-refractivity contribution is 8.00. The maximum Gasteiger partial charge on any atom is 0.240 e. The summed E-state index contributed by atoms with van der Waals surface area (Å²) in [7, 11) is 1.72. The van der Waals surface area contributed by atoms with Crippen LogP contribution in [-0.2, 0) is 4.79 Å². The van der Waals surface area contributed by atoms with E-state index >= 15 is 0 Å². The molecule has 2 aromatic carbocycles. The lowest BCUT2D eigenvalue weighted by Crippen LogP contribution is -2.33. The van der Waals surface area contributed by atoms with Crippen LogP contribution < -0.4 is 10.7 Å². The van der Waals surface area contributed by atoms with Crippen molar-refractivity contribution in [3.63, 3.8) is 0 Å². The van der Waals surface area contributed by atoms with Gasteiger partial charge in [-0.15, -0.1) is 10.2 Å². The van der Waals surface area contributed by atoms with Crippen LogP contribution in [0.2, 0.25) is 0 Å². The normalized spacial score (nSPS) is 12.0. The standard InChI is InChI=1S/C18H18FN5OS/c1-12(17(25)23(2)15-9-4-3-5-10-15)26-18-22-21-16(24(18)20)13-7-6-8-14(19)11-13/h3-12H,20H2,1-2H3/t12-/m0/s1. The summed E-state index contributed by atoms with van der Waals surface area (Å²) < 4.78 is 14.7. The Morgan fingerprint density at radius 3 is 2.62 bits per heavy atom. The fourth-order valence-corrected chi connectivity index (χ4v) is 3.31. The quantitative estimate of drug-likeness (QED) is 0.551. The number of carbonyl (C=O) groups is 1. The molecule has 0 spiro atoms. The number of amides is 1. The van der Waals surface area contributed by atoms with E-state index in [4.69, 9.17) is 5.84 Å². The molecule has 0 aliphatic heterocycles. The lowest BCUT2D eigenvalue weighted by atomic mass is 10.2. The maximum atomic E-state index is 13.4. The van der Waals surface area contributed by atoms with Crippen LogP contribution in [-0.4, -0.2) is 33.1 Å². The van der Waals surface area contributed by atoms with Gasteiger partial charge in [-0.05, 0) is 31.2 Å². The summed E-state index contributed by atoms with van der Waals surface area (Å²) >= 11 is 1.20. The number of hydrogen-bond donors (Lipinski definition) is 1. The van der Waals surface area contributed by atoms with Crippen molar-refractivity contribution >= 4 is 23.4 Å². The van der Waals surface area contributed by atoms with E-state index in [1.165, 1.54) is 28.6 Å². The van der Waals surface area contributed by atoms with Gasteiger partial charge >= 0.3 is 0 Å². The summed E-state index contributed by atoms with van der Waals surface area (Å²) in [4.78, 5) is 14.2. The number of para-hydroxylation sites is 1. The van der Waals surface area contributed by atoms with Crippen molar-refractivity contribution < 1.29 is 9.18 Å². The van der Waals surface area contributed by atoms with Crippen LogP contribution in [0.25, 0.3) is 11.4 Å². The Hall–Kier alpha value is -2.87. The van der Waals surface area contributed by atoms with E-state index < -0.39 is 5.25 Å². The molecular formula is C18H18FN5OS. The lowest BCUT2D eigenvalue weighted by Gasteiger charge is -2.20. The number of carbonyl (C=O) groups excluding carboxylic acids is 1. The first-order valence-corrected chi connectivity index (χ1v) is 8.81. The van der Waals surface area contributed by atoms with Crippen molar-refractivity contribution in [3.8, 4) is 11.4 Å². The van der Waals surface area contributed by atoms with Gasteiger partial charge in [0.15, 0.2) is 5.82 Å². The molecule has 134 valence electrons. The Labute approximate surface area is 154 Å². The van der Waals surface area contributed by atoms with Crippen molar-refractivity contribution in [1.82, 2.24) is 14.9 Å². The van der Waals surface area contributed by atoms with E-state index in [0.717, 1.165) is 5.69 Å². The fraction of sp³-hybridized carbons (Fsp3) is 0.167. The van der Waals surface area contributed by atoms with E-state index in [9.17, 15) is 9.18 Å². The number of nitrogen functional groups attached to an aromatic ring is 1. The van der Waals surface area contributed by atoms with Crippen molar-refractivity contribution in [2.45, 2.75) is 17.3 Å². The Bertz CT molecular complexity index is 915. The van der Waals surface area contributed by atoms with Crippen molar-refractivity contribution in [3.05, 3.63) is 60.4 Å². The molecule has 2 N–H and O–H groups in total. The number of benzene rings is 2. The monoisotopic (exact) mass is 371 g/mol. The van der Waals surface area contributed by atoms with Gasteiger partial charge in [-0.25, -0.2) is 9.07 Å². The number of anilines is 1. The van der Waals surface area contributed by atoms with E-state index in [1.807, 2.05) is 30.3 Å². The van der Waals surface area contributed by atoms with E-state index in [-0.39, 0.29) is 11.7 Å². The number of hydrogen-bond acceptors (Lipinski definition) is 5. The van der Waals surface area contributed by atoms with Gasteiger partial charge in [0.05, 0.1) is 5.25 Å². The zero-order valence-corrected chi connectivity index (χ0v) is 15.2. The third-order valence-corrected chi connectivity index (χ3v) is 4.90. The molecule has 26 heavy (non-hydrogen) atoms. The van der Waals surface area contributed by atoms with E-state index in [2.05, 4.69) is 10.2 Å². The topological polar surface area (TPSA) is 77.0 Å². The zero-order chi connectivity index (χ0) is 18.7. The molecule has 1 amide bonds. The van der Waals surface area contributed by atoms with E-state index in [0.29, 0.717) is 16.5 Å². The smallest absolute Gasteiger partial charge is 0.240 e. The molecule has 0 saturated heterocycles. The van der Waals surface area contributed by atoms with E-state index in [1.54, 1.807) is 31.0 Å². The number of rotatable bonds is 5. The average Bonchev–Trinajstić information content (AvgIpc) is 3.01. The molecule has 1 heterocycles. The van der Waals surface area contributed by atoms with Gasteiger partial charge in [0, 0.05) is 18.3 Å². The lowest BCUT2D eigenvalue weighted by molar-refractivity contribution is -0.117. The molecular weight excluding hydrogens is 353 g/mol. The molecule has 1 aromatic heterocycles. The minimum atomic E-state index is -0.424. The predicted octanol–water partition coefficient (Wildman–Crippen LogP) is 2.94. The first kappa shape index (κ1) is 17.9. The van der Waals surface area contributed by atoms with Crippen LogP contribution in [0.1, 0.15) is 6.92 Å². The molecule has 0 aliphatic carbocycles.